The van der Waals surface area contributed by atoms with Gasteiger partial charge in [0.15, 0.2) is 0 Å². The van der Waals surface area contributed by atoms with Crippen molar-refractivity contribution in [1.29, 1.82) is 0 Å². The van der Waals surface area contributed by atoms with Gasteiger partial charge in [0.1, 0.15) is 0 Å². The Hall–Kier alpha value is -1.57. The molecule has 0 saturated carbocycles. The van der Waals surface area contributed by atoms with Gasteiger partial charge in [-0.2, -0.15) is 5.10 Å². The molecule has 0 bridgehead atoms. The minimum absolute atomic E-state index is 1.07. The van der Waals surface area contributed by atoms with Crippen LogP contribution in [-0.4, -0.2) is 9.61 Å². The monoisotopic (exact) mass is 228 g/mol. The lowest BCUT2D eigenvalue weighted by Crippen LogP contribution is -1.91. The maximum Gasteiger partial charge on any atom is 0.0739 e. The quantitative estimate of drug-likeness (QED) is 0.704. The fourth-order valence-electron chi connectivity index (χ4n) is 2.09. The van der Waals surface area contributed by atoms with Crippen LogP contribution in [0.15, 0.2) is 31.1 Å². The minimum Gasteiger partial charge on any atom is -0.240 e. The van der Waals surface area contributed by atoms with Crippen molar-refractivity contribution in [3.05, 3.63) is 42.2 Å². The van der Waals surface area contributed by atoms with Crippen LogP contribution in [0.25, 0.3) is 11.1 Å². The lowest BCUT2D eigenvalue weighted by molar-refractivity contribution is 0.716. The van der Waals surface area contributed by atoms with Gasteiger partial charge in [0.2, 0.25) is 0 Å². The molecule has 2 aromatic heterocycles. The van der Waals surface area contributed by atoms with Gasteiger partial charge >= 0.3 is 0 Å². The van der Waals surface area contributed by atoms with Crippen molar-refractivity contribution in [2.45, 2.75) is 39.5 Å². The molecule has 0 N–H and O–H groups in total. The molecule has 0 aromatic carbocycles. The SMILES string of the molecule is C=C(C)c1cnn2ccc(CCCCC)cc12. The van der Waals surface area contributed by atoms with Gasteiger partial charge in [0.25, 0.3) is 0 Å². The van der Waals surface area contributed by atoms with Crippen molar-refractivity contribution in [3.8, 4) is 0 Å². The molecule has 0 amide bonds. The number of pyridine rings is 1. The highest BCUT2D eigenvalue weighted by atomic mass is 15.2. The molecule has 0 atom stereocenters. The lowest BCUT2D eigenvalue weighted by Gasteiger charge is -2.03. The van der Waals surface area contributed by atoms with Gasteiger partial charge in [-0.3, -0.25) is 0 Å². The van der Waals surface area contributed by atoms with E-state index in [4.69, 9.17) is 0 Å². The van der Waals surface area contributed by atoms with Gasteiger partial charge in [-0.1, -0.05) is 26.3 Å². The fourth-order valence-corrected chi connectivity index (χ4v) is 2.09. The van der Waals surface area contributed by atoms with Crippen LogP contribution in [0, 0.1) is 0 Å². The zero-order chi connectivity index (χ0) is 12.3. The summed E-state index contributed by atoms with van der Waals surface area (Å²) in [7, 11) is 0. The van der Waals surface area contributed by atoms with Crippen molar-refractivity contribution in [3.63, 3.8) is 0 Å². The molecule has 17 heavy (non-hydrogen) atoms. The van der Waals surface area contributed by atoms with Crippen LogP contribution >= 0.6 is 0 Å². The number of aromatic nitrogens is 2. The summed E-state index contributed by atoms with van der Waals surface area (Å²) in [6, 6.07) is 4.41. The van der Waals surface area contributed by atoms with E-state index >= 15 is 0 Å². The molecule has 0 radical (unpaired) electrons. The average molecular weight is 228 g/mol. The third-order valence-electron chi connectivity index (χ3n) is 3.11. The first kappa shape index (κ1) is 11.9. The second kappa shape index (κ2) is 5.17. The topological polar surface area (TPSA) is 17.3 Å². The Morgan fingerprint density at radius 2 is 2.24 bits per heavy atom. The number of aryl methyl sites for hydroxylation is 1. The van der Waals surface area contributed by atoms with E-state index in [-0.39, 0.29) is 0 Å². The maximum absolute atomic E-state index is 4.33. The zero-order valence-electron chi connectivity index (χ0n) is 10.7. The Morgan fingerprint density at radius 1 is 1.41 bits per heavy atom. The van der Waals surface area contributed by atoms with Gasteiger partial charge in [-0.15, -0.1) is 0 Å². The van der Waals surface area contributed by atoms with Crippen molar-refractivity contribution in [1.82, 2.24) is 9.61 Å². The Bertz CT molecular complexity index is 523. The summed E-state index contributed by atoms with van der Waals surface area (Å²) in [5.41, 5.74) is 4.80. The highest BCUT2D eigenvalue weighted by Gasteiger charge is 2.05. The molecule has 0 aliphatic heterocycles. The standard InChI is InChI=1S/C15H20N2/c1-4-5-6-7-13-8-9-17-15(10-13)14(11-16-17)12(2)3/h8-11H,2,4-7H2,1,3H3. The Balaban J connectivity index is 2.28. The molecule has 0 aliphatic carbocycles. The van der Waals surface area contributed by atoms with Crippen molar-refractivity contribution in [2.24, 2.45) is 0 Å². The van der Waals surface area contributed by atoms with E-state index in [9.17, 15) is 0 Å². The highest BCUT2D eigenvalue weighted by Crippen LogP contribution is 2.20. The molecule has 0 unspecified atom stereocenters. The Labute approximate surface area is 103 Å². The summed E-state index contributed by atoms with van der Waals surface area (Å²) in [5.74, 6) is 0. The first-order valence-electron chi connectivity index (χ1n) is 6.34. The van der Waals surface area contributed by atoms with E-state index in [0.29, 0.717) is 0 Å². The molecule has 90 valence electrons. The number of nitrogens with zero attached hydrogens (tertiary/aromatic N) is 2. The summed E-state index contributed by atoms with van der Waals surface area (Å²) in [6.07, 6.45) is 8.94. The van der Waals surface area contributed by atoms with Crippen molar-refractivity contribution in [2.75, 3.05) is 0 Å². The molecule has 2 heterocycles. The van der Waals surface area contributed by atoms with Crippen LogP contribution < -0.4 is 0 Å². The molecular formula is C15H20N2. The molecule has 0 aliphatic rings. The number of fused-ring (bicyclic) bond motifs is 1. The van der Waals surface area contributed by atoms with Gasteiger partial charge in [-0.05, 0) is 43.0 Å². The largest absolute Gasteiger partial charge is 0.240 e. The molecule has 2 heteroatoms. The fraction of sp³-hybridized carbons (Fsp3) is 0.400. The second-order valence-electron chi connectivity index (χ2n) is 4.66. The number of hydrogen-bond acceptors (Lipinski definition) is 1. The van der Waals surface area contributed by atoms with Crippen LogP contribution in [0.5, 0.6) is 0 Å². The number of allylic oxidation sites excluding steroid dienone is 1. The Morgan fingerprint density at radius 3 is 2.94 bits per heavy atom. The van der Waals surface area contributed by atoms with E-state index in [1.54, 1.807) is 0 Å². The van der Waals surface area contributed by atoms with Gasteiger partial charge in [0.05, 0.1) is 11.7 Å². The summed E-state index contributed by atoms with van der Waals surface area (Å²) in [6.45, 7) is 8.26. The summed E-state index contributed by atoms with van der Waals surface area (Å²) >= 11 is 0. The normalized spacial score (nSPS) is 10.9. The molecule has 2 rings (SSSR count). The van der Waals surface area contributed by atoms with Crippen molar-refractivity contribution < 1.29 is 0 Å². The third kappa shape index (κ3) is 2.57. The number of unbranched alkanes of at least 4 members (excludes halogenated alkanes) is 2. The van der Waals surface area contributed by atoms with Crippen LogP contribution in [0.1, 0.15) is 44.2 Å². The van der Waals surface area contributed by atoms with Gasteiger partial charge in [-0.25, -0.2) is 4.52 Å². The number of hydrogen-bond donors (Lipinski definition) is 0. The number of rotatable bonds is 5. The predicted molar refractivity (Wildman–Crippen MR) is 73.1 cm³/mol. The summed E-state index contributed by atoms with van der Waals surface area (Å²) in [4.78, 5) is 0. The van der Waals surface area contributed by atoms with Crippen LogP contribution in [-0.2, 0) is 6.42 Å². The van der Waals surface area contributed by atoms with E-state index in [0.717, 1.165) is 17.6 Å². The second-order valence-corrected chi connectivity index (χ2v) is 4.66. The third-order valence-corrected chi connectivity index (χ3v) is 3.11. The van der Waals surface area contributed by atoms with Crippen LogP contribution in [0.4, 0.5) is 0 Å². The van der Waals surface area contributed by atoms with E-state index in [1.807, 2.05) is 23.8 Å². The summed E-state index contributed by atoms with van der Waals surface area (Å²) in [5, 5.41) is 4.33. The van der Waals surface area contributed by atoms with E-state index in [1.165, 1.54) is 30.3 Å². The van der Waals surface area contributed by atoms with Gasteiger partial charge < -0.3 is 0 Å². The highest BCUT2D eigenvalue weighted by molar-refractivity contribution is 5.75. The van der Waals surface area contributed by atoms with E-state index in [2.05, 4.69) is 30.7 Å². The molecule has 2 nitrogen and oxygen atoms in total. The van der Waals surface area contributed by atoms with Gasteiger partial charge in [0, 0.05) is 11.8 Å². The Kier molecular flexibility index (Phi) is 3.62. The van der Waals surface area contributed by atoms with Crippen molar-refractivity contribution >= 4 is 11.1 Å². The molecule has 0 saturated heterocycles. The first-order valence-corrected chi connectivity index (χ1v) is 6.34. The van der Waals surface area contributed by atoms with Crippen LogP contribution in [0.3, 0.4) is 0 Å². The molecular weight excluding hydrogens is 208 g/mol. The molecule has 0 spiro atoms. The zero-order valence-corrected chi connectivity index (χ0v) is 10.7. The lowest BCUT2D eigenvalue weighted by atomic mass is 10.1. The van der Waals surface area contributed by atoms with E-state index < -0.39 is 0 Å². The average Bonchev–Trinajstić information content (AvgIpc) is 2.72. The van der Waals surface area contributed by atoms with Crippen LogP contribution in [0.2, 0.25) is 0 Å². The molecule has 2 aromatic rings. The maximum atomic E-state index is 4.33. The minimum atomic E-state index is 1.07. The summed E-state index contributed by atoms with van der Waals surface area (Å²) < 4.78 is 1.92. The smallest absolute Gasteiger partial charge is 0.0739 e. The predicted octanol–water partition coefficient (Wildman–Crippen LogP) is 4.10. The molecule has 0 fully saturated rings. The first-order chi connectivity index (χ1) is 8.22.